The molecule has 0 fully saturated rings. The van der Waals surface area contributed by atoms with Crippen LogP contribution in [0.2, 0.25) is 12.1 Å². The average Bonchev–Trinajstić information content (AvgIpc) is 2.73. The molecule has 0 aromatic rings. The van der Waals surface area contributed by atoms with E-state index < -0.39 is 17.6 Å². The molecule has 0 unspecified atom stereocenters. The van der Waals surface area contributed by atoms with E-state index in [1.807, 2.05) is 47.8 Å². The molecular weight excluding hydrogens is 430 g/mol. The Bertz CT molecular complexity index is 395. The minimum absolute atomic E-state index is 0.618. The quantitative estimate of drug-likeness (QED) is 0.110. The minimum Gasteiger partial charge on any atom is -0.374 e. The number of hydrogen-bond acceptors (Lipinski definition) is 7. The molecular formula is C22H49NO6Si2. The average molecular weight is 480 g/mol. The van der Waals surface area contributed by atoms with Crippen molar-refractivity contribution < 1.29 is 26.6 Å². The molecule has 0 N–H and O–H groups in total. The number of rotatable bonds is 23. The van der Waals surface area contributed by atoms with E-state index in [0.717, 1.165) is 37.9 Å². The van der Waals surface area contributed by atoms with E-state index in [2.05, 4.69) is 4.99 Å². The summed E-state index contributed by atoms with van der Waals surface area (Å²) in [5.74, 6) is 0. The fourth-order valence-electron chi connectivity index (χ4n) is 3.50. The standard InChI is InChI=1S/C22H49NO6Si2/c1-7-24-30(25-8-2,26-9-3)21-17-15-13-14-16-19-23-20-18-22-31(27-10-4,28-11-5)29-12-6/h20H,7-19,21-22H2,1-6H3. The fourth-order valence-corrected chi connectivity index (χ4v) is 8.67. The molecule has 0 aliphatic heterocycles. The lowest BCUT2D eigenvalue weighted by Crippen LogP contribution is -2.46. The summed E-state index contributed by atoms with van der Waals surface area (Å²) in [4.78, 5) is 4.56. The van der Waals surface area contributed by atoms with Crippen molar-refractivity contribution in [2.24, 2.45) is 4.99 Å². The summed E-state index contributed by atoms with van der Waals surface area (Å²) >= 11 is 0. The Hall–Kier alpha value is -0.136. The second-order valence-electron chi connectivity index (χ2n) is 7.11. The monoisotopic (exact) mass is 479 g/mol. The van der Waals surface area contributed by atoms with Crippen LogP contribution in [0.1, 0.15) is 80.1 Å². The highest BCUT2D eigenvalue weighted by Gasteiger charge is 2.40. The fraction of sp³-hybridized carbons (Fsp3) is 0.955. The first-order valence-electron chi connectivity index (χ1n) is 12.4. The first-order chi connectivity index (χ1) is 15.1. The molecule has 9 heteroatoms. The minimum atomic E-state index is -2.54. The van der Waals surface area contributed by atoms with Gasteiger partial charge in [-0.05, 0) is 67.0 Å². The lowest BCUT2D eigenvalue weighted by Gasteiger charge is -2.28. The van der Waals surface area contributed by atoms with Gasteiger partial charge >= 0.3 is 17.6 Å². The molecule has 0 bridgehead atoms. The van der Waals surface area contributed by atoms with Gasteiger partial charge in [-0.25, -0.2) is 0 Å². The van der Waals surface area contributed by atoms with Gasteiger partial charge < -0.3 is 26.6 Å². The molecule has 0 rings (SSSR count). The van der Waals surface area contributed by atoms with Gasteiger partial charge in [0.15, 0.2) is 0 Å². The van der Waals surface area contributed by atoms with Gasteiger partial charge in [0.1, 0.15) is 0 Å². The van der Waals surface area contributed by atoms with Crippen LogP contribution in [0, 0.1) is 0 Å². The third-order valence-electron chi connectivity index (χ3n) is 4.66. The van der Waals surface area contributed by atoms with E-state index in [-0.39, 0.29) is 0 Å². The summed E-state index contributed by atoms with van der Waals surface area (Å²) < 4.78 is 35.4. The Balaban J connectivity index is 4.04. The first-order valence-corrected chi connectivity index (χ1v) is 16.3. The highest BCUT2D eigenvalue weighted by molar-refractivity contribution is 6.61. The van der Waals surface area contributed by atoms with E-state index in [0.29, 0.717) is 39.6 Å². The molecule has 0 aromatic carbocycles. The molecule has 0 aromatic heterocycles. The zero-order valence-electron chi connectivity index (χ0n) is 21.1. The summed E-state index contributed by atoms with van der Waals surface area (Å²) in [6.07, 6.45) is 8.63. The Morgan fingerprint density at radius 3 is 1.35 bits per heavy atom. The number of hydrogen-bond donors (Lipinski definition) is 0. The maximum absolute atomic E-state index is 5.91. The van der Waals surface area contributed by atoms with Crippen molar-refractivity contribution in [3.05, 3.63) is 0 Å². The molecule has 0 atom stereocenters. The molecule has 7 nitrogen and oxygen atoms in total. The third kappa shape index (κ3) is 14.6. The molecule has 0 heterocycles. The van der Waals surface area contributed by atoms with Crippen LogP contribution in [-0.2, 0) is 26.6 Å². The van der Waals surface area contributed by atoms with Gasteiger partial charge in [-0.2, -0.15) is 0 Å². The summed E-state index contributed by atoms with van der Waals surface area (Å²) in [5, 5.41) is 0. The lowest BCUT2D eigenvalue weighted by atomic mass is 10.1. The second-order valence-corrected chi connectivity index (χ2v) is 12.6. The van der Waals surface area contributed by atoms with Crippen LogP contribution in [0.3, 0.4) is 0 Å². The Morgan fingerprint density at radius 1 is 0.516 bits per heavy atom. The highest BCUT2D eigenvalue weighted by atomic mass is 28.4. The van der Waals surface area contributed by atoms with Crippen LogP contribution < -0.4 is 0 Å². The van der Waals surface area contributed by atoms with Crippen molar-refractivity contribution in [1.82, 2.24) is 0 Å². The molecule has 0 spiro atoms. The van der Waals surface area contributed by atoms with Crippen LogP contribution in [-0.4, -0.2) is 70.0 Å². The molecule has 0 aliphatic rings. The lowest BCUT2D eigenvalue weighted by molar-refractivity contribution is 0.0702. The maximum atomic E-state index is 5.91. The Labute approximate surface area is 193 Å². The predicted molar refractivity (Wildman–Crippen MR) is 132 cm³/mol. The predicted octanol–water partition coefficient (Wildman–Crippen LogP) is 5.49. The topological polar surface area (TPSA) is 67.7 Å². The second kappa shape index (κ2) is 20.5. The van der Waals surface area contributed by atoms with Gasteiger partial charge in [0.2, 0.25) is 0 Å². The van der Waals surface area contributed by atoms with E-state index in [9.17, 15) is 0 Å². The van der Waals surface area contributed by atoms with E-state index in [1.165, 1.54) is 19.3 Å². The van der Waals surface area contributed by atoms with Gasteiger partial charge in [0.25, 0.3) is 0 Å². The van der Waals surface area contributed by atoms with Crippen LogP contribution in [0.25, 0.3) is 0 Å². The van der Waals surface area contributed by atoms with E-state index >= 15 is 0 Å². The number of nitrogens with zero attached hydrogens (tertiary/aromatic N) is 1. The van der Waals surface area contributed by atoms with Gasteiger partial charge in [-0.15, -0.1) is 0 Å². The van der Waals surface area contributed by atoms with Gasteiger partial charge in [-0.1, -0.05) is 19.3 Å². The van der Waals surface area contributed by atoms with Crippen molar-refractivity contribution in [3.8, 4) is 0 Å². The normalized spacial score (nSPS) is 12.8. The first kappa shape index (κ1) is 30.9. The van der Waals surface area contributed by atoms with Crippen LogP contribution in [0.4, 0.5) is 0 Å². The van der Waals surface area contributed by atoms with E-state index in [1.54, 1.807) is 0 Å². The SMILES string of the molecule is CCO[Si](CCC=NCCCCCCC[Si](OCC)(OCC)OCC)(OCC)OCC. The van der Waals surface area contributed by atoms with Crippen LogP contribution >= 0.6 is 0 Å². The van der Waals surface area contributed by atoms with Gasteiger partial charge in [-0.3, -0.25) is 4.99 Å². The van der Waals surface area contributed by atoms with Crippen molar-refractivity contribution in [1.29, 1.82) is 0 Å². The maximum Gasteiger partial charge on any atom is 0.501 e. The van der Waals surface area contributed by atoms with E-state index in [4.69, 9.17) is 26.6 Å². The van der Waals surface area contributed by atoms with Crippen molar-refractivity contribution in [2.75, 3.05) is 46.2 Å². The van der Waals surface area contributed by atoms with Crippen LogP contribution in [0.15, 0.2) is 4.99 Å². The zero-order chi connectivity index (χ0) is 23.3. The number of aliphatic imine (C=N–C) groups is 1. The van der Waals surface area contributed by atoms with Crippen LogP contribution in [0.5, 0.6) is 0 Å². The van der Waals surface area contributed by atoms with Gasteiger partial charge in [0, 0.05) is 58.3 Å². The Kier molecular flexibility index (Phi) is 20.4. The molecule has 0 amide bonds. The summed E-state index contributed by atoms with van der Waals surface area (Å²) in [5.41, 5.74) is 0. The molecule has 0 radical (unpaired) electrons. The third-order valence-corrected chi connectivity index (χ3v) is 10.9. The Morgan fingerprint density at radius 2 is 0.903 bits per heavy atom. The molecule has 0 aliphatic carbocycles. The summed E-state index contributed by atoms with van der Waals surface area (Å²) in [6.45, 7) is 16.6. The van der Waals surface area contributed by atoms with Crippen molar-refractivity contribution >= 4 is 23.8 Å². The van der Waals surface area contributed by atoms with Crippen molar-refractivity contribution in [2.45, 2.75) is 92.2 Å². The van der Waals surface area contributed by atoms with Crippen molar-refractivity contribution in [3.63, 3.8) is 0 Å². The molecule has 0 saturated carbocycles. The summed E-state index contributed by atoms with van der Waals surface area (Å²) in [6, 6.07) is 1.70. The number of unbranched alkanes of at least 4 members (excludes halogenated alkanes) is 4. The molecule has 31 heavy (non-hydrogen) atoms. The highest BCUT2D eigenvalue weighted by Crippen LogP contribution is 2.21. The molecule has 186 valence electrons. The van der Waals surface area contributed by atoms with Gasteiger partial charge in [0.05, 0.1) is 0 Å². The summed E-state index contributed by atoms with van der Waals surface area (Å²) in [7, 11) is -5.01. The molecule has 0 saturated heterocycles. The zero-order valence-corrected chi connectivity index (χ0v) is 23.1. The largest absolute Gasteiger partial charge is 0.501 e. The smallest absolute Gasteiger partial charge is 0.374 e.